The van der Waals surface area contributed by atoms with Gasteiger partial charge in [-0.05, 0) is 38.0 Å². The number of nitrogens with one attached hydrogen (secondary N) is 1. The first-order chi connectivity index (χ1) is 11.5. The fraction of sp³-hybridized carbons (Fsp3) is 0.368. The molecule has 0 aliphatic heterocycles. The van der Waals surface area contributed by atoms with Crippen LogP contribution in [0.3, 0.4) is 0 Å². The number of benzene rings is 1. The van der Waals surface area contributed by atoms with E-state index < -0.39 is 12.1 Å². The predicted octanol–water partition coefficient (Wildman–Crippen LogP) is 3.91. The molecule has 4 nitrogen and oxygen atoms in total. The molecule has 1 aromatic carbocycles. The van der Waals surface area contributed by atoms with Gasteiger partial charge in [-0.25, -0.2) is 4.79 Å². The molecule has 0 fully saturated rings. The Morgan fingerprint density at radius 2 is 1.88 bits per heavy atom. The number of carbonyl (C=O) groups is 2. The van der Waals surface area contributed by atoms with Gasteiger partial charge < -0.3 is 10.1 Å². The molecule has 0 saturated carbocycles. The molecule has 0 unspecified atom stereocenters. The molecule has 1 aromatic heterocycles. The van der Waals surface area contributed by atoms with Crippen LogP contribution >= 0.6 is 11.3 Å². The molecule has 1 N–H and O–H groups in total. The highest BCUT2D eigenvalue weighted by Crippen LogP contribution is 2.19. The van der Waals surface area contributed by atoms with Crippen LogP contribution in [0.1, 0.15) is 46.3 Å². The monoisotopic (exact) mass is 345 g/mol. The maximum absolute atomic E-state index is 12.2. The van der Waals surface area contributed by atoms with E-state index in [2.05, 4.69) is 24.4 Å². The largest absolute Gasteiger partial charge is 0.448 e. The highest BCUT2D eigenvalue weighted by Gasteiger charge is 2.20. The van der Waals surface area contributed by atoms with Gasteiger partial charge in [0.25, 0.3) is 5.91 Å². The van der Waals surface area contributed by atoms with Gasteiger partial charge in [-0.2, -0.15) is 0 Å². The van der Waals surface area contributed by atoms with Gasteiger partial charge in [0, 0.05) is 17.3 Å². The van der Waals surface area contributed by atoms with Crippen LogP contribution in [0.5, 0.6) is 0 Å². The normalized spacial score (nSPS) is 13.1. The van der Waals surface area contributed by atoms with Gasteiger partial charge in [-0.15, -0.1) is 11.3 Å². The molecule has 2 rings (SSSR count). The van der Waals surface area contributed by atoms with Gasteiger partial charge in [0.1, 0.15) is 4.88 Å². The van der Waals surface area contributed by atoms with Gasteiger partial charge in [0.2, 0.25) is 0 Å². The number of thiophene rings is 1. The summed E-state index contributed by atoms with van der Waals surface area (Å²) in [6.45, 7) is 6.13. The van der Waals surface area contributed by atoms with Crippen molar-refractivity contribution in [2.24, 2.45) is 0 Å². The van der Waals surface area contributed by atoms with Crippen molar-refractivity contribution in [2.75, 3.05) is 6.54 Å². The van der Waals surface area contributed by atoms with E-state index in [-0.39, 0.29) is 11.8 Å². The van der Waals surface area contributed by atoms with E-state index in [1.807, 2.05) is 31.2 Å². The predicted molar refractivity (Wildman–Crippen MR) is 96.4 cm³/mol. The van der Waals surface area contributed by atoms with Crippen molar-refractivity contribution in [2.45, 2.75) is 39.2 Å². The van der Waals surface area contributed by atoms with Gasteiger partial charge >= 0.3 is 5.97 Å². The van der Waals surface area contributed by atoms with Crippen LogP contribution in [0.15, 0.2) is 42.5 Å². The standard InChI is InChI=1S/C19H23NO3S/c1-4-15(16-8-6-5-7-9-16)12-20-18(21)14(3)23-19(22)17-11-10-13(2)24-17/h5-11,14-15H,4,12H2,1-3H3,(H,20,21)/t14-,15-/m0/s1. The lowest BCUT2D eigenvalue weighted by Crippen LogP contribution is -2.37. The minimum absolute atomic E-state index is 0.248. The molecule has 2 aromatic rings. The molecule has 0 bridgehead atoms. The van der Waals surface area contributed by atoms with E-state index in [1.165, 1.54) is 16.9 Å². The summed E-state index contributed by atoms with van der Waals surface area (Å²) in [5.41, 5.74) is 1.19. The highest BCUT2D eigenvalue weighted by atomic mass is 32.1. The highest BCUT2D eigenvalue weighted by molar-refractivity contribution is 7.13. The van der Waals surface area contributed by atoms with E-state index in [0.29, 0.717) is 11.4 Å². The van der Waals surface area contributed by atoms with Crippen LogP contribution in [0, 0.1) is 6.92 Å². The topological polar surface area (TPSA) is 55.4 Å². The first-order valence-electron chi connectivity index (χ1n) is 8.11. The third kappa shape index (κ3) is 4.93. The van der Waals surface area contributed by atoms with E-state index in [0.717, 1.165) is 11.3 Å². The summed E-state index contributed by atoms with van der Waals surface area (Å²) in [6, 6.07) is 13.7. The third-order valence-corrected chi connectivity index (χ3v) is 4.86. The molecule has 128 valence electrons. The van der Waals surface area contributed by atoms with E-state index in [1.54, 1.807) is 13.0 Å². The Hall–Kier alpha value is -2.14. The summed E-state index contributed by atoms with van der Waals surface area (Å²) >= 11 is 1.36. The molecule has 0 aliphatic rings. The lowest BCUT2D eigenvalue weighted by molar-refractivity contribution is -0.129. The minimum atomic E-state index is -0.812. The fourth-order valence-electron chi connectivity index (χ4n) is 2.41. The van der Waals surface area contributed by atoms with Crippen LogP contribution < -0.4 is 5.32 Å². The lowest BCUT2D eigenvalue weighted by Gasteiger charge is -2.18. The Kier molecular flexibility index (Phi) is 6.55. The van der Waals surface area contributed by atoms with Crippen molar-refractivity contribution in [1.29, 1.82) is 0 Å². The first kappa shape index (κ1) is 18.2. The van der Waals surface area contributed by atoms with Crippen LogP contribution in [0.25, 0.3) is 0 Å². The minimum Gasteiger partial charge on any atom is -0.448 e. The van der Waals surface area contributed by atoms with E-state index in [4.69, 9.17) is 4.74 Å². The number of hydrogen-bond acceptors (Lipinski definition) is 4. The zero-order valence-electron chi connectivity index (χ0n) is 14.2. The SMILES string of the molecule is CC[C@@H](CNC(=O)[C@H](C)OC(=O)c1ccc(C)s1)c1ccccc1. The summed E-state index contributed by atoms with van der Waals surface area (Å²) in [5, 5.41) is 2.88. The van der Waals surface area contributed by atoms with Gasteiger partial charge in [0.05, 0.1) is 0 Å². The zero-order valence-corrected chi connectivity index (χ0v) is 15.1. The fourth-order valence-corrected chi connectivity index (χ4v) is 3.16. The summed E-state index contributed by atoms with van der Waals surface area (Å²) < 4.78 is 5.24. The van der Waals surface area contributed by atoms with E-state index >= 15 is 0 Å². The average molecular weight is 345 g/mol. The molecule has 1 heterocycles. The Balaban J connectivity index is 1.86. The van der Waals surface area contributed by atoms with Crippen molar-refractivity contribution >= 4 is 23.2 Å². The van der Waals surface area contributed by atoms with Crippen molar-refractivity contribution < 1.29 is 14.3 Å². The average Bonchev–Trinajstić information content (AvgIpc) is 3.02. The third-order valence-electron chi connectivity index (χ3n) is 3.88. The Bertz CT molecular complexity index is 681. The maximum Gasteiger partial charge on any atom is 0.349 e. The summed E-state index contributed by atoms with van der Waals surface area (Å²) in [4.78, 5) is 25.7. The number of ether oxygens (including phenoxy) is 1. The van der Waals surface area contributed by atoms with Crippen LogP contribution in [-0.4, -0.2) is 24.5 Å². The Labute approximate surface area is 146 Å². The number of amides is 1. The van der Waals surface area contributed by atoms with Gasteiger partial charge in [-0.1, -0.05) is 37.3 Å². The first-order valence-corrected chi connectivity index (χ1v) is 8.93. The quantitative estimate of drug-likeness (QED) is 0.774. The van der Waals surface area contributed by atoms with Crippen molar-refractivity contribution in [3.63, 3.8) is 0 Å². The van der Waals surface area contributed by atoms with Crippen molar-refractivity contribution in [1.82, 2.24) is 5.32 Å². The van der Waals surface area contributed by atoms with E-state index in [9.17, 15) is 9.59 Å². The Morgan fingerprint density at radius 1 is 1.17 bits per heavy atom. The maximum atomic E-state index is 12.2. The number of carbonyl (C=O) groups excluding carboxylic acids is 2. The molecule has 0 saturated heterocycles. The van der Waals surface area contributed by atoms with Crippen molar-refractivity contribution in [3.8, 4) is 0 Å². The van der Waals surface area contributed by atoms with Crippen LogP contribution in [0.2, 0.25) is 0 Å². The molecule has 0 aliphatic carbocycles. The number of aryl methyl sites for hydroxylation is 1. The smallest absolute Gasteiger partial charge is 0.349 e. The van der Waals surface area contributed by atoms with Gasteiger partial charge in [-0.3, -0.25) is 4.79 Å². The second-order valence-electron chi connectivity index (χ2n) is 5.72. The molecule has 5 heteroatoms. The second-order valence-corrected chi connectivity index (χ2v) is 7.01. The lowest BCUT2D eigenvalue weighted by atomic mass is 9.96. The van der Waals surface area contributed by atoms with Crippen LogP contribution in [-0.2, 0) is 9.53 Å². The number of esters is 1. The molecule has 2 atom stereocenters. The van der Waals surface area contributed by atoms with Crippen LogP contribution in [0.4, 0.5) is 0 Å². The molecular weight excluding hydrogens is 322 g/mol. The molecule has 0 radical (unpaired) electrons. The Morgan fingerprint density at radius 3 is 2.46 bits per heavy atom. The molecular formula is C19H23NO3S. The molecule has 24 heavy (non-hydrogen) atoms. The number of hydrogen-bond donors (Lipinski definition) is 1. The second kappa shape index (κ2) is 8.64. The summed E-state index contributed by atoms with van der Waals surface area (Å²) in [7, 11) is 0. The summed E-state index contributed by atoms with van der Waals surface area (Å²) in [5.74, 6) is -0.477. The van der Waals surface area contributed by atoms with Gasteiger partial charge in [0.15, 0.2) is 6.10 Å². The molecule has 1 amide bonds. The van der Waals surface area contributed by atoms with Crippen molar-refractivity contribution in [3.05, 3.63) is 57.8 Å². The zero-order chi connectivity index (χ0) is 17.5. The summed E-state index contributed by atoms with van der Waals surface area (Å²) in [6.07, 6.45) is 0.112. The molecule has 0 spiro atoms. The number of rotatable bonds is 7.